The van der Waals surface area contributed by atoms with E-state index >= 15 is 0 Å². The third-order valence-corrected chi connectivity index (χ3v) is 7.38. The van der Waals surface area contributed by atoms with E-state index in [0.29, 0.717) is 37.5 Å². The number of hydrogen-bond acceptors (Lipinski definition) is 4. The lowest BCUT2D eigenvalue weighted by molar-refractivity contribution is -0.121. The van der Waals surface area contributed by atoms with Gasteiger partial charge in [0.25, 0.3) is 0 Å². The fraction of sp³-hybridized carbons (Fsp3) is 0.364. The van der Waals surface area contributed by atoms with Gasteiger partial charge >= 0.3 is 0 Å². The van der Waals surface area contributed by atoms with Crippen molar-refractivity contribution in [3.63, 3.8) is 0 Å². The number of carbonyl (C=O) groups is 1. The van der Waals surface area contributed by atoms with Crippen molar-refractivity contribution in [2.75, 3.05) is 13.1 Å². The van der Waals surface area contributed by atoms with Gasteiger partial charge < -0.3 is 9.88 Å². The van der Waals surface area contributed by atoms with Crippen LogP contribution in [0.1, 0.15) is 31.2 Å². The first-order valence-corrected chi connectivity index (χ1v) is 11.7. The Morgan fingerprint density at radius 3 is 2.70 bits per heavy atom. The summed E-state index contributed by atoms with van der Waals surface area (Å²) in [6.45, 7) is 2.17. The molecule has 0 radical (unpaired) electrons. The van der Waals surface area contributed by atoms with Gasteiger partial charge in [0.05, 0.1) is 4.90 Å². The summed E-state index contributed by atoms with van der Waals surface area (Å²) in [6.07, 6.45) is 8.60. The number of piperidine rings is 1. The molecule has 0 atom stereocenters. The number of rotatable bonds is 7. The molecule has 0 saturated carbocycles. The summed E-state index contributed by atoms with van der Waals surface area (Å²) in [4.78, 5) is 16.6. The maximum absolute atomic E-state index is 12.9. The van der Waals surface area contributed by atoms with Crippen molar-refractivity contribution in [2.45, 2.75) is 43.7 Å². The minimum Gasteiger partial charge on any atom is -0.352 e. The Hall–Kier alpha value is -2.71. The molecule has 158 valence electrons. The molecular weight excluding hydrogens is 400 g/mol. The Bertz CT molecular complexity index is 1120. The van der Waals surface area contributed by atoms with Gasteiger partial charge in [-0.05, 0) is 48.7 Å². The molecule has 0 aliphatic carbocycles. The zero-order valence-corrected chi connectivity index (χ0v) is 17.6. The Morgan fingerprint density at radius 2 is 1.93 bits per heavy atom. The highest BCUT2D eigenvalue weighted by molar-refractivity contribution is 7.89. The molecule has 7 nitrogen and oxygen atoms in total. The fourth-order valence-corrected chi connectivity index (χ4v) is 5.35. The molecule has 3 heterocycles. The second-order valence-corrected chi connectivity index (χ2v) is 9.52. The molecule has 1 fully saturated rings. The Balaban J connectivity index is 1.40. The molecule has 0 bridgehead atoms. The first kappa shape index (κ1) is 20.6. The van der Waals surface area contributed by atoms with Crippen molar-refractivity contribution in [3.05, 3.63) is 60.6 Å². The second kappa shape index (κ2) is 8.97. The first-order chi connectivity index (χ1) is 14.5. The monoisotopic (exact) mass is 426 g/mol. The van der Waals surface area contributed by atoms with E-state index in [0.717, 1.165) is 35.7 Å². The standard InChI is InChI=1S/C22H26N4O3S/c27-22(24-17-18-5-4-10-23-16-18)9-14-25-13-8-19-15-20(6-7-21(19)25)30(28,29)26-11-2-1-3-12-26/h4-8,10,13,15-16H,1-3,9,11-12,14,17H2,(H,24,27). The smallest absolute Gasteiger partial charge is 0.243 e. The Labute approximate surface area is 176 Å². The molecule has 1 aromatic carbocycles. The number of benzene rings is 1. The zero-order valence-electron chi connectivity index (χ0n) is 16.8. The fourth-order valence-electron chi connectivity index (χ4n) is 3.80. The minimum atomic E-state index is -3.45. The molecule has 2 aromatic heterocycles. The molecule has 1 aliphatic rings. The highest BCUT2D eigenvalue weighted by Gasteiger charge is 2.26. The summed E-state index contributed by atoms with van der Waals surface area (Å²) in [7, 11) is -3.45. The molecule has 1 N–H and O–H groups in total. The van der Waals surface area contributed by atoms with Crippen molar-refractivity contribution in [3.8, 4) is 0 Å². The van der Waals surface area contributed by atoms with Crippen molar-refractivity contribution < 1.29 is 13.2 Å². The number of carbonyl (C=O) groups excluding carboxylic acids is 1. The van der Waals surface area contributed by atoms with Gasteiger partial charge in [-0.1, -0.05) is 12.5 Å². The van der Waals surface area contributed by atoms with Gasteiger partial charge in [-0.25, -0.2) is 8.42 Å². The van der Waals surface area contributed by atoms with Crippen LogP contribution in [0.15, 0.2) is 59.9 Å². The Kier molecular flexibility index (Phi) is 6.15. The summed E-state index contributed by atoms with van der Waals surface area (Å²) in [5, 5.41) is 3.76. The molecule has 0 unspecified atom stereocenters. The van der Waals surface area contributed by atoms with Crippen LogP contribution in [0.3, 0.4) is 0 Å². The summed E-state index contributed by atoms with van der Waals surface area (Å²) in [5.41, 5.74) is 1.88. The maximum Gasteiger partial charge on any atom is 0.243 e. The number of pyridine rings is 1. The predicted octanol–water partition coefficient (Wildman–Crippen LogP) is 2.92. The van der Waals surface area contributed by atoms with E-state index in [-0.39, 0.29) is 5.91 Å². The van der Waals surface area contributed by atoms with Crippen LogP contribution < -0.4 is 5.32 Å². The van der Waals surface area contributed by atoms with E-state index in [4.69, 9.17) is 0 Å². The molecule has 1 saturated heterocycles. The largest absolute Gasteiger partial charge is 0.352 e. The average Bonchev–Trinajstić information content (AvgIpc) is 3.20. The van der Waals surface area contributed by atoms with Crippen LogP contribution in [0.25, 0.3) is 10.9 Å². The van der Waals surface area contributed by atoms with Crippen LogP contribution in [0.4, 0.5) is 0 Å². The number of sulfonamides is 1. The summed E-state index contributed by atoms with van der Waals surface area (Å²) in [6, 6.07) is 10.9. The van der Waals surface area contributed by atoms with E-state index in [9.17, 15) is 13.2 Å². The molecule has 1 aliphatic heterocycles. The van der Waals surface area contributed by atoms with Crippen molar-refractivity contribution in [2.24, 2.45) is 0 Å². The first-order valence-electron chi connectivity index (χ1n) is 10.3. The molecule has 30 heavy (non-hydrogen) atoms. The number of amides is 1. The SMILES string of the molecule is O=C(CCn1ccc2cc(S(=O)(=O)N3CCCCC3)ccc21)NCc1cccnc1. The van der Waals surface area contributed by atoms with Gasteiger partial charge in [-0.3, -0.25) is 9.78 Å². The highest BCUT2D eigenvalue weighted by Crippen LogP contribution is 2.25. The van der Waals surface area contributed by atoms with Gasteiger partial charge in [-0.2, -0.15) is 4.31 Å². The average molecular weight is 427 g/mol. The van der Waals surface area contributed by atoms with E-state index in [2.05, 4.69) is 10.3 Å². The van der Waals surface area contributed by atoms with Crippen LogP contribution >= 0.6 is 0 Å². The number of hydrogen-bond donors (Lipinski definition) is 1. The highest BCUT2D eigenvalue weighted by atomic mass is 32.2. The van der Waals surface area contributed by atoms with Crippen molar-refractivity contribution in [1.82, 2.24) is 19.2 Å². The van der Waals surface area contributed by atoms with Crippen LogP contribution in [0.2, 0.25) is 0 Å². The molecule has 8 heteroatoms. The molecule has 0 spiro atoms. The number of aryl methyl sites for hydroxylation is 1. The van der Waals surface area contributed by atoms with Gasteiger partial charge in [0, 0.05) is 62.1 Å². The molecule has 4 rings (SSSR count). The van der Waals surface area contributed by atoms with Gasteiger partial charge in [-0.15, -0.1) is 0 Å². The Morgan fingerprint density at radius 1 is 1.10 bits per heavy atom. The summed E-state index contributed by atoms with van der Waals surface area (Å²) < 4.78 is 29.4. The van der Waals surface area contributed by atoms with Crippen LogP contribution in [0.5, 0.6) is 0 Å². The predicted molar refractivity (Wildman–Crippen MR) is 115 cm³/mol. The molecule has 3 aromatic rings. The lowest BCUT2D eigenvalue weighted by Crippen LogP contribution is -2.35. The van der Waals surface area contributed by atoms with E-state index < -0.39 is 10.0 Å². The van der Waals surface area contributed by atoms with E-state index in [1.807, 2.05) is 35.0 Å². The number of nitrogens with zero attached hydrogens (tertiary/aromatic N) is 3. The van der Waals surface area contributed by atoms with Gasteiger partial charge in [0.2, 0.25) is 15.9 Å². The number of nitrogens with one attached hydrogen (secondary N) is 1. The molecular formula is C22H26N4O3S. The minimum absolute atomic E-state index is 0.0370. The maximum atomic E-state index is 12.9. The van der Waals surface area contributed by atoms with Gasteiger partial charge in [0.1, 0.15) is 0 Å². The van der Waals surface area contributed by atoms with E-state index in [1.165, 1.54) is 0 Å². The normalized spacial score (nSPS) is 15.3. The lowest BCUT2D eigenvalue weighted by Gasteiger charge is -2.25. The number of fused-ring (bicyclic) bond motifs is 1. The van der Waals surface area contributed by atoms with Crippen LogP contribution in [-0.4, -0.2) is 41.3 Å². The van der Waals surface area contributed by atoms with Crippen LogP contribution in [-0.2, 0) is 27.9 Å². The molecule has 1 amide bonds. The van der Waals surface area contributed by atoms with E-state index in [1.54, 1.807) is 28.8 Å². The zero-order chi connectivity index (χ0) is 21.0. The third-order valence-electron chi connectivity index (χ3n) is 5.49. The van der Waals surface area contributed by atoms with Gasteiger partial charge in [0.15, 0.2) is 0 Å². The quantitative estimate of drug-likeness (QED) is 0.630. The second-order valence-electron chi connectivity index (χ2n) is 7.58. The number of aromatic nitrogens is 2. The summed E-state index contributed by atoms with van der Waals surface area (Å²) in [5.74, 6) is -0.0370. The van der Waals surface area contributed by atoms with Crippen molar-refractivity contribution >= 4 is 26.8 Å². The topological polar surface area (TPSA) is 84.3 Å². The lowest BCUT2D eigenvalue weighted by atomic mass is 10.2. The third kappa shape index (κ3) is 4.55. The van der Waals surface area contributed by atoms with Crippen LogP contribution in [0, 0.1) is 0 Å². The van der Waals surface area contributed by atoms with Crippen molar-refractivity contribution in [1.29, 1.82) is 0 Å². The summed E-state index contributed by atoms with van der Waals surface area (Å²) >= 11 is 0.